The topological polar surface area (TPSA) is 57.1 Å². The molecule has 0 aromatic heterocycles. The summed E-state index contributed by atoms with van der Waals surface area (Å²) in [5.41, 5.74) is 1.60. The molecule has 0 amide bonds. The zero-order valence-electron chi connectivity index (χ0n) is 15.5. The lowest BCUT2D eigenvalue weighted by atomic mass is 9.89. The van der Waals surface area contributed by atoms with E-state index in [4.69, 9.17) is 19.2 Å². The van der Waals surface area contributed by atoms with E-state index in [2.05, 4.69) is 0 Å². The molecular weight excluding hydrogens is 342 g/mol. The summed E-state index contributed by atoms with van der Waals surface area (Å²) in [6.45, 7) is 4.28. The molecule has 0 aliphatic carbocycles. The van der Waals surface area contributed by atoms with Gasteiger partial charge in [-0.05, 0) is 17.7 Å². The van der Waals surface area contributed by atoms with Crippen molar-refractivity contribution in [2.75, 3.05) is 6.61 Å². The van der Waals surface area contributed by atoms with Gasteiger partial charge >= 0.3 is 5.97 Å². The molecule has 1 saturated heterocycles. The van der Waals surface area contributed by atoms with E-state index < -0.39 is 12.4 Å². The smallest absolute Gasteiger partial charge is 0.336 e. The van der Waals surface area contributed by atoms with Gasteiger partial charge in [-0.15, -0.1) is 0 Å². The van der Waals surface area contributed by atoms with Crippen LogP contribution in [0.1, 0.15) is 37.4 Å². The van der Waals surface area contributed by atoms with E-state index in [-0.39, 0.29) is 17.4 Å². The molecule has 2 aromatic rings. The third-order valence-electron chi connectivity index (χ3n) is 4.94. The van der Waals surface area contributed by atoms with Crippen molar-refractivity contribution >= 4 is 11.9 Å². The maximum Gasteiger partial charge on any atom is 0.336 e. The van der Waals surface area contributed by atoms with E-state index in [9.17, 15) is 4.79 Å². The normalized spacial score (nSPS) is 26.8. The summed E-state index contributed by atoms with van der Waals surface area (Å²) in [5, 5.41) is 0. The lowest BCUT2D eigenvalue weighted by molar-refractivity contribution is -0.175. The summed E-state index contributed by atoms with van der Waals surface area (Å²) in [6.07, 6.45) is -0.674. The standard InChI is InChI=1S/C22H23NO4/c1-22(2)14-25-21(24)19(22)26-18-13-17(15-9-5-3-6-10-15)23-20(27-18)16-11-7-4-8-12-16/h3-12,17-19H,13-14H2,1-2H3/t17-,18+,19+/m1/s1. The van der Waals surface area contributed by atoms with E-state index in [1.807, 2.05) is 74.5 Å². The molecule has 2 aliphatic rings. The van der Waals surface area contributed by atoms with Gasteiger partial charge in [-0.25, -0.2) is 9.79 Å². The van der Waals surface area contributed by atoms with Gasteiger partial charge in [0.05, 0.1) is 12.6 Å². The van der Waals surface area contributed by atoms with Crippen molar-refractivity contribution in [3.63, 3.8) is 0 Å². The first-order chi connectivity index (χ1) is 13.0. The largest absolute Gasteiger partial charge is 0.463 e. The van der Waals surface area contributed by atoms with Gasteiger partial charge in [0.15, 0.2) is 6.10 Å². The van der Waals surface area contributed by atoms with E-state index in [1.54, 1.807) is 0 Å². The van der Waals surface area contributed by atoms with Crippen molar-refractivity contribution in [1.29, 1.82) is 0 Å². The molecule has 2 aliphatic heterocycles. The van der Waals surface area contributed by atoms with Gasteiger partial charge in [0.2, 0.25) is 12.2 Å². The van der Waals surface area contributed by atoms with E-state index in [0.717, 1.165) is 11.1 Å². The van der Waals surface area contributed by atoms with Crippen molar-refractivity contribution in [2.45, 2.75) is 38.7 Å². The van der Waals surface area contributed by atoms with E-state index in [0.29, 0.717) is 18.9 Å². The van der Waals surface area contributed by atoms with Crippen LogP contribution in [0, 0.1) is 5.41 Å². The lowest BCUT2D eigenvalue weighted by Crippen LogP contribution is -2.40. The quantitative estimate of drug-likeness (QED) is 0.772. The van der Waals surface area contributed by atoms with Crippen molar-refractivity contribution in [1.82, 2.24) is 0 Å². The van der Waals surface area contributed by atoms with Crippen LogP contribution in [-0.4, -0.2) is 30.9 Å². The van der Waals surface area contributed by atoms with Gasteiger partial charge in [-0.1, -0.05) is 62.4 Å². The number of cyclic esters (lactones) is 1. The second-order valence-electron chi connectivity index (χ2n) is 7.62. The second-order valence-corrected chi connectivity index (χ2v) is 7.62. The minimum absolute atomic E-state index is 0.0966. The number of nitrogens with zero attached hydrogens (tertiary/aromatic N) is 1. The van der Waals surface area contributed by atoms with Crippen LogP contribution in [0.2, 0.25) is 0 Å². The molecule has 0 N–H and O–H groups in total. The highest BCUT2D eigenvalue weighted by molar-refractivity contribution is 5.94. The lowest BCUT2D eigenvalue weighted by Gasteiger charge is -2.32. The second kappa shape index (κ2) is 7.16. The Kier molecular flexibility index (Phi) is 4.70. The molecule has 0 unspecified atom stereocenters. The number of hydrogen-bond donors (Lipinski definition) is 0. The van der Waals surface area contributed by atoms with E-state index in [1.165, 1.54) is 0 Å². The average molecular weight is 365 g/mol. The first kappa shape index (κ1) is 17.7. The molecule has 27 heavy (non-hydrogen) atoms. The predicted molar refractivity (Wildman–Crippen MR) is 101 cm³/mol. The van der Waals surface area contributed by atoms with Crippen LogP contribution in [0.5, 0.6) is 0 Å². The molecule has 4 rings (SSSR count). The molecule has 0 radical (unpaired) electrons. The predicted octanol–water partition coefficient (Wildman–Crippen LogP) is 3.89. The molecule has 3 atom stereocenters. The van der Waals surface area contributed by atoms with Gasteiger partial charge in [0.1, 0.15) is 0 Å². The highest BCUT2D eigenvalue weighted by Gasteiger charge is 2.47. The first-order valence-electron chi connectivity index (χ1n) is 9.20. The van der Waals surface area contributed by atoms with Crippen LogP contribution in [0.3, 0.4) is 0 Å². The summed E-state index contributed by atoms with van der Waals surface area (Å²) < 4.78 is 17.3. The summed E-state index contributed by atoms with van der Waals surface area (Å²) >= 11 is 0. The molecule has 1 fully saturated rings. The number of carbonyl (C=O) groups excluding carboxylic acids is 1. The monoisotopic (exact) mass is 365 g/mol. The van der Waals surface area contributed by atoms with Gasteiger partial charge in [0.25, 0.3) is 0 Å². The van der Waals surface area contributed by atoms with Gasteiger partial charge in [-0.2, -0.15) is 0 Å². The Bertz CT molecular complexity index is 832. The molecule has 0 saturated carbocycles. The molecule has 2 aromatic carbocycles. The number of aliphatic imine (C=N–C) groups is 1. The fraction of sp³-hybridized carbons (Fsp3) is 0.364. The maximum absolute atomic E-state index is 12.1. The average Bonchev–Trinajstić information content (AvgIpc) is 2.96. The molecule has 2 heterocycles. The fourth-order valence-electron chi connectivity index (χ4n) is 3.39. The minimum atomic E-state index is -0.644. The first-order valence-corrected chi connectivity index (χ1v) is 9.20. The van der Waals surface area contributed by atoms with E-state index >= 15 is 0 Å². The van der Waals surface area contributed by atoms with Crippen molar-refractivity contribution in [3.8, 4) is 0 Å². The third kappa shape index (κ3) is 3.74. The third-order valence-corrected chi connectivity index (χ3v) is 4.94. The number of benzene rings is 2. The molecule has 0 spiro atoms. The number of esters is 1. The Hall–Kier alpha value is -2.66. The Labute approximate surface area is 159 Å². The van der Waals surface area contributed by atoms with Gasteiger partial charge in [-0.3, -0.25) is 0 Å². The number of carbonyl (C=O) groups is 1. The summed E-state index contributed by atoms with van der Waals surface area (Å²) in [4.78, 5) is 16.9. The maximum atomic E-state index is 12.1. The van der Waals surface area contributed by atoms with Crippen molar-refractivity contribution in [3.05, 3.63) is 71.8 Å². The van der Waals surface area contributed by atoms with Crippen LogP contribution >= 0.6 is 0 Å². The Balaban J connectivity index is 1.62. The van der Waals surface area contributed by atoms with Crippen LogP contribution in [-0.2, 0) is 19.0 Å². The molecule has 5 heteroatoms. The highest BCUT2D eigenvalue weighted by atomic mass is 16.7. The molecule has 5 nitrogen and oxygen atoms in total. The molecule has 140 valence electrons. The van der Waals surface area contributed by atoms with Crippen LogP contribution in [0.25, 0.3) is 0 Å². The summed E-state index contributed by atoms with van der Waals surface area (Å²) in [6, 6.07) is 19.7. The zero-order chi connectivity index (χ0) is 18.9. The van der Waals surface area contributed by atoms with Gasteiger partial charge < -0.3 is 14.2 Å². The van der Waals surface area contributed by atoms with Crippen LogP contribution in [0.15, 0.2) is 65.7 Å². The fourth-order valence-corrected chi connectivity index (χ4v) is 3.39. The summed E-state index contributed by atoms with van der Waals surface area (Å²) in [5.74, 6) is 0.202. The van der Waals surface area contributed by atoms with Gasteiger partial charge in [0, 0.05) is 17.4 Å². The van der Waals surface area contributed by atoms with Crippen LogP contribution < -0.4 is 0 Å². The van der Waals surface area contributed by atoms with Crippen molar-refractivity contribution < 1.29 is 19.0 Å². The Morgan fingerprint density at radius 1 is 1.04 bits per heavy atom. The number of hydrogen-bond acceptors (Lipinski definition) is 5. The minimum Gasteiger partial charge on any atom is -0.463 e. The Morgan fingerprint density at radius 2 is 1.70 bits per heavy atom. The number of ether oxygens (including phenoxy) is 3. The SMILES string of the molecule is CC1(C)COC(=O)[C@@H]1O[C@@H]1C[C@H](c2ccccc2)N=C(c2ccccc2)O1. The molecule has 0 bridgehead atoms. The summed E-state index contributed by atoms with van der Waals surface area (Å²) in [7, 11) is 0. The molecular formula is C22H23NO4. The van der Waals surface area contributed by atoms with Crippen LogP contribution in [0.4, 0.5) is 0 Å². The highest BCUT2D eigenvalue weighted by Crippen LogP contribution is 2.36. The van der Waals surface area contributed by atoms with Crippen molar-refractivity contribution in [2.24, 2.45) is 10.4 Å². The number of rotatable bonds is 4. The zero-order valence-corrected chi connectivity index (χ0v) is 15.5. The Morgan fingerprint density at radius 3 is 2.33 bits per heavy atom.